The third-order valence-corrected chi connectivity index (χ3v) is 6.12. The fraction of sp³-hybridized carbons (Fsp3) is 0.522. The molecule has 1 aliphatic rings. The van der Waals surface area contributed by atoms with Crippen molar-refractivity contribution in [2.45, 2.75) is 24.8 Å². The van der Waals surface area contributed by atoms with Crippen molar-refractivity contribution in [2.75, 3.05) is 64.0 Å². The van der Waals surface area contributed by atoms with Crippen molar-refractivity contribution in [2.24, 2.45) is 4.99 Å². The molecular weight excluding hydrogens is 533 g/mol. The summed E-state index contributed by atoms with van der Waals surface area (Å²) < 4.78 is 0. The van der Waals surface area contributed by atoms with E-state index in [9.17, 15) is 0 Å². The van der Waals surface area contributed by atoms with Crippen molar-refractivity contribution in [1.82, 2.24) is 25.1 Å². The first-order valence-corrected chi connectivity index (χ1v) is 12.3. The van der Waals surface area contributed by atoms with Crippen LogP contribution < -0.4 is 10.2 Å². The van der Waals surface area contributed by atoms with Gasteiger partial charge in [0.1, 0.15) is 0 Å². The lowest BCUT2D eigenvalue weighted by Gasteiger charge is -2.34. The molecule has 32 heavy (non-hydrogen) atoms. The fourth-order valence-electron chi connectivity index (χ4n) is 3.65. The molecule has 2 aromatic rings. The molecule has 1 aromatic heterocycles. The Bertz CT molecular complexity index is 796. The van der Waals surface area contributed by atoms with Crippen LogP contribution in [0.3, 0.4) is 0 Å². The maximum Gasteiger partial charge on any atom is 0.225 e. The highest BCUT2D eigenvalue weighted by atomic mass is 127. The van der Waals surface area contributed by atoms with Crippen LogP contribution in [0.2, 0.25) is 0 Å². The van der Waals surface area contributed by atoms with Crippen molar-refractivity contribution >= 4 is 47.6 Å². The van der Waals surface area contributed by atoms with Crippen molar-refractivity contribution in [3.8, 4) is 0 Å². The summed E-state index contributed by atoms with van der Waals surface area (Å²) in [4.78, 5) is 21.9. The number of aliphatic imine (C=N–C) groups is 1. The van der Waals surface area contributed by atoms with Gasteiger partial charge in [0.25, 0.3) is 0 Å². The van der Waals surface area contributed by atoms with E-state index in [0.717, 1.165) is 70.7 Å². The van der Waals surface area contributed by atoms with Gasteiger partial charge in [-0.1, -0.05) is 12.1 Å². The molecule has 1 saturated heterocycles. The zero-order valence-electron chi connectivity index (χ0n) is 19.4. The fourth-order valence-corrected chi connectivity index (χ4v) is 4.06. The molecule has 0 saturated carbocycles. The van der Waals surface area contributed by atoms with Crippen molar-refractivity contribution in [1.29, 1.82) is 0 Å². The van der Waals surface area contributed by atoms with Crippen LogP contribution in [0.5, 0.6) is 0 Å². The Labute approximate surface area is 214 Å². The van der Waals surface area contributed by atoms with E-state index in [2.05, 4.69) is 74.5 Å². The molecule has 0 radical (unpaired) electrons. The monoisotopic (exact) mass is 569 g/mol. The number of nitrogens with zero attached hydrogens (tertiary/aromatic N) is 6. The number of piperazine rings is 1. The van der Waals surface area contributed by atoms with Crippen LogP contribution in [0.4, 0.5) is 5.95 Å². The summed E-state index contributed by atoms with van der Waals surface area (Å²) in [5.41, 5.74) is 1.30. The first-order chi connectivity index (χ1) is 15.2. The van der Waals surface area contributed by atoms with Crippen LogP contribution in [-0.2, 0) is 6.54 Å². The minimum Gasteiger partial charge on any atom is -0.357 e. The SMILES string of the molecule is CCNC(=NCCCN1CCN(c2ncccn2)CC1)N(C)Cc1ccc(SC)cc1.I. The first-order valence-electron chi connectivity index (χ1n) is 11.1. The Morgan fingerprint density at radius 1 is 1.12 bits per heavy atom. The second kappa shape index (κ2) is 14.5. The van der Waals surface area contributed by atoms with Crippen LogP contribution in [0.1, 0.15) is 18.9 Å². The molecule has 0 amide bonds. The number of hydrogen-bond donors (Lipinski definition) is 1. The predicted octanol–water partition coefficient (Wildman–Crippen LogP) is 3.43. The summed E-state index contributed by atoms with van der Waals surface area (Å²) in [6.45, 7) is 9.81. The quantitative estimate of drug-likeness (QED) is 0.163. The average molecular weight is 570 g/mol. The molecule has 0 atom stereocenters. The minimum absolute atomic E-state index is 0. The van der Waals surface area contributed by atoms with Gasteiger partial charge < -0.3 is 15.1 Å². The van der Waals surface area contributed by atoms with Gasteiger partial charge in [0.15, 0.2) is 5.96 Å². The summed E-state index contributed by atoms with van der Waals surface area (Å²) in [6, 6.07) is 10.6. The number of thioether (sulfide) groups is 1. The molecule has 1 aliphatic heterocycles. The predicted molar refractivity (Wildman–Crippen MR) is 146 cm³/mol. The number of guanidine groups is 1. The molecule has 7 nitrogen and oxygen atoms in total. The summed E-state index contributed by atoms with van der Waals surface area (Å²) in [7, 11) is 2.11. The molecule has 0 unspecified atom stereocenters. The second-order valence-corrected chi connectivity index (χ2v) is 8.55. The van der Waals surface area contributed by atoms with Gasteiger partial charge in [-0.3, -0.25) is 9.89 Å². The highest BCUT2D eigenvalue weighted by molar-refractivity contribution is 14.0. The van der Waals surface area contributed by atoms with Crippen molar-refractivity contribution in [3.63, 3.8) is 0 Å². The summed E-state index contributed by atoms with van der Waals surface area (Å²) in [5.74, 6) is 1.82. The molecule has 3 rings (SSSR count). The number of anilines is 1. The topological polar surface area (TPSA) is 59.9 Å². The van der Waals surface area contributed by atoms with Crippen LogP contribution >= 0.6 is 35.7 Å². The largest absolute Gasteiger partial charge is 0.357 e. The van der Waals surface area contributed by atoms with E-state index in [1.807, 2.05) is 18.5 Å². The van der Waals surface area contributed by atoms with Gasteiger partial charge in [-0.15, -0.1) is 35.7 Å². The van der Waals surface area contributed by atoms with Gasteiger partial charge in [-0.2, -0.15) is 0 Å². The van der Waals surface area contributed by atoms with E-state index in [4.69, 9.17) is 4.99 Å². The molecule has 9 heteroatoms. The number of aromatic nitrogens is 2. The Kier molecular flexibility index (Phi) is 12.1. The van der Waals surface area contributed by atoms with Gasteiger partial charge >= 0.3 is 0 Å². The maximum absolute atomic E-state index is 4.86. The Balaban J connectivity index is 0.00000363. The van der Waals surface area contributed by atoms with Crippen LogP contribution in [0.15, 0.2) is 52.6 Å². The van der Waals surface area contributed by atoms with Crippen LogP contribution in [0, 0.1) is 0 Å². The Hall–Kier alpha value is -1.59. The van der Waals surface area contributed by atoms with Crippen LogP contribution in [0.25, 0.3) is 0 Å². The van der Waals surface area contributed by atoms with Crippen molar-refractivity contribution in [3.05, 3.63) is 48.3 Å². The summed E-state index contributed by atoms with van der Waals surface area (Å²) in [5, 5.41) is 3.43. The zero-order chi connectivity index (χ0) is 21.9. The maximum atomic E-state index is 4.86. The standard InChI is InChI=1S/C23H35N7S.HI/c1-4-24-22(28(2)19-20-7-9-21(31-3)10-8-20)25-13-6-14-29-15-17-30(18-16-29)23-26-11-5-12-27-23;/h5,7-12H,4,6,13-19H2,1-3H3,(H,24,25);1H. The van der Waals surface area contributed by atoms with Gasteiger partial charge in [0, 0.05) is 76.7 Å². The number of nitrogens with one attached hydrogen (secondary N) is 1. The molecule has 0 bridgehead atoms. The highest BCUT2D eigenvalue weighted by Gasteiger charge is 2.18. The molecule has 176 valence electrons. The minimum atomic E-state index is 0. The molecule has 1 fully saturated rings. The lowest BCUT2D eigenvalue weighted by Crippen LogP contribution is -2.47. The number of rotatable bonds is 9. The van der Waals surface area contributed by atoms with E-state index in [-0.39, 0.29) is 24.0 Å². The first kappa shape index (κ1) is 26.7. The highest BCUT2D eigenvalue weighted by Crippen LogP contribution is 2.15. The number of hydrogen-bond acceptors (Lipinski definition) is 6. The van der Waals surface area contributed by atoms with E-state index >= 15 is 0 Å². The zero-order valence-corrected chi connectivity index (χ0v) is 22.6. The van der Waals surface area contributed by atoms with Gasteiger partial charge in [-0.05, 0) is 43.4 Å². The summed E-state index contributed by atoms with van der Waals surface area (Å²) >= 11 is 1.77. The third kappa shape index (κ3) is 8.40. The smallest absolute Gasteiger partial charge is 0.225 e. The molecule has 1 N–H and O–H groups in total. The van der Waals surface area contributed by atoms with Crippen molar-refractivity contribution < 1.29 is 0 Å². The number of benzene rings is 1. The van der Waals surface area contributed by atoms with Gasteiger partial charge in [-0.25, -0.2) is 9.97 Å². The Morgan fingerprint density at radius 3 is 2.44 bits per heavy atom. The molecule has 2 heterocycles. The van der Waals surface area contributed by atoms with E-state index in [0.29, 0.717) is 0 Å². The lowest BCUT2D eigenvalue weighted by atomic mass is 10.2. The van der Waals surface area contributed by atoms with E-state index in [1.54, 1.807) is 11.8 Å². The van der Waals surface area contributed by atoms with E-state index in [1.165, 1.54) is 10.5 Å². The number of halogens is 1. The van der Waals surface area contributed by atoms with Gasteiger partial charge in [0.2, 0.25) is 5.95 Å². The molecule has 0 spiro atoms. The third-order valence-electron chi connectivity index (χ3n) is 5.38. The average Bonchev–Trinajstić information content (AvgIpc) is 2.82. The van der Waals surface area contributed by atoms with E-state index < -0.39 is 0 Å². The Morgan fingerprint density at radius 2 is 1.81 bits per heavy atom. The molecule has 0 aliphatic carbocycles. The summed E-state index contributed by atoms with van der Waals surface area (Å²) in [6.07, 6.45) is 6.79. The normalized spacial score (nSPS) is 14.7. The van der Waals surface area contributed by atoms with Crippen LogP contribution in [-0.4, -0.2) is 84.8 Å². The second-order valence-electron chi connectivity index (χ2n) is 7.67. The molecular formula is C23H36IN7S. The lowest BCUT2D eigenvalue weighted by molar-refractivity contribution is 0.255. The van der Waals surface area contributed by atoms with Gasteiger partial charge in [0.05, 0.1) is 0 Å². The molecule has 1 aromatic carbocycles.